The molecule has 98 valence electrons. The van der Waals surface area contributed by atoms with E-state index in [1.54, 1.807) is 22.7 Å². The third kappa shape index (κ3) is 1.87. The molecule has 0 atom stereocenters. The number of aryl methyl sites for hydroxylation is 1. The Morgan fingerprint density at radius 3 is 2.95 bits per heavy atom. The lowest BCUT2D eigenvalue weighted by molar-refractivity contribution is 1.19. The minimum Gasteiger partial charge on any atom is -0.291 e. The molecule has 3 nitrogen and oxygen atoms in total. The molecule has 0 radical (unpaired) electrons. The topological polar surface area (TPSA) is 30.2 Å². The molecular formula is C15H11N3S2. The molecule has 0 aliphatic rings. The summed E-state index contributed by atoms with van der Waals surface area (Å²) in [4.78, 5) is 10.2. The Balaban J connectivity index is 1.77. The van der Waals surface area contributed by atoms with Crippen LogP contribution in [0, 0.1) is 6.92 Å². The van der Waals surface area contributed by atoms with Gasteiger partial charge in [-0.1, -0.05) is 12.1 Å². The molecule has 4 aromatic rings. The molecule has 0 aliphatic carbocycles. The van der Waals surface area contributed by atoms with Crippen molar-refractivity contribution in [1.29, 1.82) is 0 Å². The average molecular weight is 297 g/mol. The predicted molar refractivity (Wildman–Crippen MR) is 86.4 cm³/mol. The van der Waals surface area contributed by atoms with Crippen LogP contribution in [0.15, 0.2) is 35.8 Å². The van der Waals surface area contributed by atoms with Crippen molar-refractivity contribution in [2.75, 3.05) is 0 Å². The quantitative estimate of drug-likeness (QED) is 0.546. The third-order valence-electron chi connectivity index (χ3n) is 3.18. The molecule has 0 N–H and O–H groups in total. The Kier molecular flexibility index (Phi) is 2.68. The molecule has 0 unspecified atom stereocenters. The van der Waals surface area contributed by atoms with E-state index in [9.17, 15) is 0 Å². The highest BCUT2D eigenvalue weighted by molar-refractivity contribution is 7.19. The fourth-order valence-corrected chi connectivity index (χ4v) is 3.86. The van der Waals surface area contributed by atoms with Crippen LogP contribution in [0.5, 0.6) is 0 Å². The van der Waals surface area contributed by atoms with Crippen molar-refractivity contribution in [2.45, 2.75) is 6.92 Å². The molecule has 0 aliphatic heterocycles. The first-order valence-corrected chi connectivity index (χ1v) is 7.97. The van der Waals surface area contributed by atoms with Crippen LogP contribution >= 0.6 is 22.7 Å². The SMILES string of the molecule is Cc1nc2sccn2c1/C=C/c1nc2ccccc2s1. The minimum atomic E-state index is 1.02. The molecule has 0 spiro atoms. The Labute approximate surface area is 123 Å². The van der Waals surface area contributed by atoms with Gasteiger partial charge in [-0.15, -0.1) is 22.7 Å². The number of thiazole rings is 2. The fourth-order valence-electron chi connectivity index (χ4n) is 2.22. The monoisotopic (exact) mass is 297 g/mol. The number of hydrogen-bond acceptors (Lipinski definition) is 4. The second kappa shape index (κ2) is 4.54. The average Bonchev–Trinajstić information content (AvgIpc) is 3.10. The molecule has 4 rings (SSSR count). The predicted octanol–water partition coefficient (Wildman–Crippen LogP) is 4.48. The van der Waals surface area contributed by atoms with Gasteiger partial charge in [0.2, 0.25) is 0 Å². The Morgan fingerprint density at radius 1 is 1.15 bits per heavy atom. The highest BCUT2D eigenvalue weighted by atomic mass is 32.1. The van der Waals surface area contributed by atoms with Crippen LogP contribution in [0.25, 0.3) is 27.3 Å². The van der Waals surface area contributed by atoms with Crippen LogP contribution in [0.2, 0.25) is 0 Å². The van der Waals surface area contributed by atoms with Gasteiger partial charge in [-0.2, -0.15) is 0 Å². The van der Waals surface area contributed by atoms with Gasteiger partial charge in [0.05, 0.1) is 21.6 Å². The maximum atomic E-state index is 4.61. The second-order valence-corrected chi connectivity index (χ2v) is 6.43. The summed E-state index contributed by atoms with van der Waals surface area (Å²) < 4.78 is 3.34. The molecule has 5 heteroatoms. The molecule has 0 amide bonds. The Hall–Kier alpha value is -1.98. The van der Waals surface area contributed by atoms with Gasteiger partial charge in [0, 0.05) is 11.6 Å². The van der Waals surface area contributed by atoms with Crippen molar-refractivity contribution in [3.05, 3.63) is 52.2 Å². The van der Waals surface area contributed by atoms with E-state index in [2.05, 4.69) is 44.2 Å². The zero-order valence-corrected chi connectivity index (χ0v) is 12.4. The summed E-state index contributed by atoms with van der Waals surface area (Å²) in [6.45, 7) is 2.04. The van der Waals surface area contributed by atoms with Crippen molar-refractivity contribution < 1.29 is 0 Å². The summed E-state index contributed by atoms with van der Waals surface area (Å²) in [5, 5.41) is 3.08. The standard InChI is InChI=1S/C15H11N3S2/c1-10-12(18-8-9-19-15(18)16-10)6-7-14-17-11-4-2-3-5-13(11)20-14/h2-9H,1H3/b7-6+. The first-order valence-electron chi connectivity index (χ1n) is 6.27. The Morgan fingerprint density at radius 2 is 2.05 bits per heavy atom. The van der Waals surface area contributed by atoms with Gasteiger partial charge in [0.15, 0.2) is 4.96 Å². The number of rotatable bonds is 2. The summed E-state index contributed by atoms with van der Waals surface area (Å²) in [5.41, 5.74) is 3.23. The van der Waals surface area contributed by atoms with Gasteiger partial charge < -0.3 is 0 Å². The summed E-state index contributed by atoms with van der Waals surface area (Å²) in [6.07, 6.45) is 6.22. The van der Waals surface area contributed by atoms with Crippen molar-refractivity contribution in [2.24, 2.45) is 0 Å². The number of hydrogen-bond donors (Lipinski definition) is 0. The third-order valence-corrected chi connectivity index (χ3v) is 4.94. The van der Waals surface area contributed by atoms with E-state index in [0.29, 0.717) is 0 Å². The number of fused-ring (bicyclic) bond motifs is 2. The summed E-state index contributed by atoms with van der Waals surface area (Å²) in [6, 6.07) is 8.21. The summed E-state index contributed by atoms with van der Waals surface area (Å²) in [5.74, 6) is 0. The molecule has 20 heavy (non-hydrogen) atoms. The number of imidazole rings is 1. The Bertz CT molecular complexity index is 894. The fraction of sp³-hybridized carbons (Fsp3) is 0.0667. The van der Waals surface area contributed by atoms with Crippen molar-refractivity contribution >= 4 is 50.0 Å². The van der Waals surface area contributed by atoms with E-state index in [1.807, 2.05) is 25.1 Å². The van der Waals surface area contributed by atoms with Crippen LogP contribution in [-0.2, 0) is 0 Å². The lowest BCUT2D eigenvalue weighted by Crippen LogP contribution is -1.82. The van der Waals surface area contributed by atoms with E-state index >= 15 is 0 Å². The molecule has 1 aromatic carbocycles. The smallest absolute Gasteiger partial charge is 0.194 e. The zero-order chi connectivity index (χ0) is 13.5. The van der Waals surface area contributed by atoms with E-state index in [0.717, 1.165) is 26.9 Å². The molecule has 0 bridgehead atoms. The van der Waals surface area contributed by atoms with Gasteiger partial charge in [-0.05, 0) is 31.2 Å². The lowest BCUT2D eigenvalue weighted by Gasteiger charge is -1.91. The molecule has 3 heterocycles. The van der Waals surface area contributed by atoms with Gasteiger partial charge >= 0.3 is 0 Å². The normalized spacial score (nSPS) is 12.1. The number of benzene rings is 1. The highest BCUT2D eigenvalue weighted by Gasteiger charge is 2.06. The van der Waals surface area contributed by atoms with E-state index < -0.39 is 0 Å². The summed E-state index contributed by atoms with van der Waals surface area (Å²) >= 11 is 3.36. The number of nitrogens with zero attached hydrogens (tertiary/aromatic N) is 3. The highest BCUT2D eigenvalue weighted by Crippen LogP contribution is 2.24. The van der Waals surface area contributed by atoms with Crippen LogP contribution in [0.4, 0.5) is 0 Å². The van der Waals surface area contributed by atoms with Crippen LogP contribution in [0.3, 0.4) is 0 Å². The largest absolute Gasteiger partial charge is 0.291 e. The zero-order valence-electron chi connectivity index (χ0n) is 10.8. The minimum absolute atomic E-state index is 1.02. The van der Waals surface area contributed by atoms with Crippen LogP contribution in [0.1, 0.15) is 16.4 Å². The van der Waals surface area contributed by atoms with Gasteiger partial charge in [0.25, 0.3) is 0 Å². The second-order valence-electron chi connectivity index (χ2n) is 4.49. The molecule has 0 saturated carbocycles. The van der Waals surface area contributed by atoms with E-state index in [4.69, 9.17) is 0 Å². The lowest BCUT2D eigenvalue weighted by atomic mass is 10.3. The molecule has 0 saturated heterocycles. The first-order chi connectivity index (χ1) is 9.81. The van der Waals surface area contributed by atoms with Gasteiger partial charge in [0.1, 0.15) is 5.01 Å². The number of aromatic nitrogens is 3. The number of para-hydroxylation sites is 1. The molecule has 0 fully saturated rings. The van der Waals surface area contributed by atoms with E-state index in [1.165, 1.54) is 4.70 Å². The van der Waals surface area contributed by atoms with Crippen molar-refractivity contribution in [1.82, 2.24) is 14.4 Å². The van der Waals surface area contributed by atoms with Crippen molar-refractivity contribution in [3.63, 3.8) is 0 Å². The maximum absolute atomic E-state index is 4.61. The van der Waals surface area contributed by atoms with E-state index in [-0.39, 0.29) is 0 Å². The maximum Gasteiger partial charge on any atom is 0.194 e. The van der Waals surface area contributed by atoms with Gasteiger partial charge in [-0.25, -0.2) is 9.97 Å². The van der Waals surface area contributed by atoms with Crippen LogP contribution < -0.4 is 0 Å². The summed E-state index contributed by atoms with van der Waals surface area (Å²) in [7, 11) is 0. The molecule has 3 aromatic heterocycles. The van der Waals surface area contributed by atoms with Gasteiger partial charge in [-0.3, -0.25) is 4.40 Å². The van der Waals surface area contributed by atoms with Crippen molar-refractivity contribution in [3.8, 4) is 0 Å². The van der Waals surface area contributed by atoms with Crippen LogP contribution in [-0.4, -0.2) is 14.4 Å². The first kappa shape index (κ1) is 11.8. The molecular weight excluding hydrogens is 286 g/mol.